The molecular weight excluding hydrogens is 350 g/mol. The lowest BCUT2D eigenvalue weighted by Gasteiger charge is -2.08. The molecule has 2 rings (SSSR count). The van der Waals surface area contributed by atoms with E-state index in [2.05, 4.69) is 15.7 Å². The summed E-state index contributed by atoms with van der Waals surface area (Å²) in [5, 5.41) is 19.9. The van der Waals surface area contributed by atoms with Crippen LogP contribution in [0.3, 0.4) is 0 Å². The van der Waals surface area contributed by atoms with E-state index in [0.29, 0.717) is 11.4 Å². The number of benzene rings is 1. The van der Waals surface area contributed by atoms with Gasteiger partial charge >= 0.3 is 0 Å². The van der Waals surface area contributed by atoms with Crippen LogP contribution < -0.4 is 10.6 Å². The number of amides is 2. The summed E-state index contributed by atoms with van der Waals surface area (Å²) in [4.78, 5) is 34.1. The van der Waals surface area contributed by atoms with Crippen molar-refractivity contribution >= 4 is 34.8 Å². The first-order valence-electron chi connectivity index (χ1n) is 7.23. The predicted molar refractivity (Wildman–Crippen MR) is 91.8 cm³/mol. The zero-order chi connectivity index (χ0) is 18.7. The molecule has 10 heteroatoms. The summed E-state index contributed by atoms with van der Waals surface area (Å²) in [5.41, 5.74) is 1.87. The average Bonchev–Trinajstić information content (AvgIpc) is 2.78. The molecule has 1 aromatic heterocycles. The minimum atomic E-state index is -0.612. The summed E-state index contributed by atoms with van der Waals surface area (Å²) >= 11 is 5.88. The predicted octanol–water partition coefficient (Wildman–Crippen LogP) is 1.97. The van der Waals surface area contributed by atoms with E-state index in [-0.39, 0.29) is 22.8 Å². The molecule has 1 aromatic carbocycles. The van der Waals surface area contributed by atoms with E-state index in [1.807, 2.05) is 6.92 Å². The molecule has 0 radical (unpaired) electrons. The highest BCUT2D eigenvalue weighted by Gasteiger charge is 2.17. The van der Waals surface area contributed by atoms with Crippen molar-refractivity contribution in [2.75, 3.05) is 11.9 Å². The van der Waals surface area contributed by atoms with Gasteiger partial charge in [0.25, 0.3) is 11.6 Å². The Kier molecular flexibility index (Phi) is 5.38. The maximum absolute atomic E-state index is 12.1. The molecule has 0 aliphatic rings. The minimum absolute atomic E-state index is 0.0498. The van der Waals surface area contributed by atoms with Crippen molar-refractivity contribution in [1.29, 1.82) is 0 Å². The monoisotopic (exact) mass is 365 g/mol. The molecule has 0 atom stereocenters. The molecule has 0 aliphatic heterocycles. The van der Waals surface area contributed by atoms with Gasteiger partial charge < -0.3 is 10.6 Å². The molecule has 2 N–H and O–H groups in total. The third-order valence-corrected chi connectivity index (χ3v) is 3.90. The second kappa shape index (κ2) is 7.31. The highest BCUT2D eigenvalue weighted by atomic mass is 35.5. The summed E-state index contributed by atoms with van der Waals surface area (Å²) in [7, 11) is 1.76. The number of halogens is 1. The Labute approximate surface area is 148 Å². The first-order valence-corrected chi connectivity index (χ1v) is 7.60. The second-order valence-electron chi connectivity index (χ2n) is 5.32. The summed E-state index contributed by atoms with van der Waals surface area (Å²) < 4.78 is 1.64. The maximum atomic E-state index is 12.1. The Balaban J connectivity index is 2.00. The molecule has 132 valence electrons. The van der Waals surface area contributed by atoms with Crippen molar-refractivity contribution in [3.63, 3.8) is 0 Å². The number of nitro groups is 1. The van der Waals surface area contributed by atoms with E-state index in [4.69, 9.17) is 11.6 Å². The summed E-state index contributed by atoms with van der Waals surface area (Å²) in [5.74, 6) is -1.03. The van der Waals surface area contributed by atoms with Gasteiger partial charge in [0.15, 0.2) is 0 Å². The summed E-state index contributed by atoms with van der Waals surface area (Å²) in [6, 6.07) is 3.49. The molecule has 0 bridgehead atoms. The number of aryl methyl sites for hydroxylation is 2. The SMILES string of the molecule is Cc1nn(C)c(C)c1NC(=O)CNC(=O)c1ccc([N+](=O)[O-])cc1Cl. The van der Waals surface area contributed by atoms with Gasteiger partial charge in [0.05, 0.1) is 39.1 Å². The highest BCUT2D eigenvalue weighted by Crippen LogP contribution is 2.22. The van der Waals surface area contributed by atoms with Crippen LogP contribution in [0.4, 0.5) is 11.4 Å². The van der Waals surface area contributed by atoms with Gasteiger partial charge in [-0.25, -0.2) is 0 Å². The molecule has 1 heterocycles. The third kappa shape index (κ3) is 4.13. The van der Waals surface area contributed by atoms with Gasteiger partial charge in [-0.2, -0.15) is 5.10 Å². The van der Waals surface area contributed by atoms with Crippen molar-refractivity contribution in [2.24, 2.45) is 7.05 Å². The first kappa shape index (κ1) is 18.4. The van der Waals surface area contributed by atoms with Crippen LogP contribution in [-0.4, -0.2) is 33.1 Å². The fourth-order valence-electron chi connectivity index (χ4n) is 2.20. The Morgan fingerprint density at radius 2 is 2.04 bits per heavy atom. The molecular formula is C15H16ClN5O4. The molecule has 0 fully saturated rings. The number of nitro benzene ring substituents is 1. The fourth-order valence-corrected chi connectivity index (χ4v) is 2.46. The van der Waals surface area contributed by atoms with Gasteiger partial charge in [-0.05, 0) is 19.9 Å². The second-order valence-corrected chi connectivity index (χ2v) is 5.73. The van der Waals surface area contributed by atoms with Crippen molar-refractivity contribution < 1.29 is 14.5 Å². The third-order valence-electron chi connectivity index (χ3n) is 3.59. The van der Waals surface area contributed by atoms with Crippen molar-refractivity contribution in [3.8, 4) is 0 Å². The quantitative estimate of drug-likeness (QED) is 0.620. The molecule has 2 aromatic rings. The number of carbonyl (C=O) groups excluding carboxylic acids is 2. The zero-order valence-corrected chi connectivity index (χ0v) is 14.5. The smallest absolute Gasteiger partial charge is 0.270 e. The Morgan fingerprint density at radius 3 is 2.56 bits per heavy atom. The number of nitrogens with one attached hydrogen (secondary N) is 2. The summed E-state index contributed by atoms with van der Waals surface area (Å²) in [6.45, 7) is 3.29. The van der Waals surface area contributed by atoms with Crippen LogP contribution in [0.1, 0.15) is 21.7 Å². The number of carbonyl (C=O) groups is 2. The van der Waals surface area contributed by atoms with Gasteiger partial charge in [0.1, 0.15) is 0 Å². The van der Waals surface area contributed by atoms with Crippen LogP contribution in [0, 0.1) is 24.0 Å². The van der Waals surface area contributed by atoms with Crippen LogP contribution in [0.15, 0.2) is 18.2 Å². The molecule has 0 unspecified atom stereocenters. The van der Waals surface area contributed by atoms with E-state index in [1.165, 1.54) is 12.1 Å². The number of hydrogen-bond donors (Lipinski definition) is 2. The normalized spacial score (nSPS) is 10.4. The van der Waals surface area contributed by atoms with E-state index in [0.717, 1.165) is 11.8 Å². The average molecular weight is 366 g/mol. The van der Waals surface area contributed by atoms with E-state index >= 15 is 0 Å². The Bertz CT molecular complexity index is 862. The molecule has 2 amide bonds. The van der Waals surface area contributed by atoms with Gasteiger partial charge in [-0.3, -0.25) is 24.4 Å². The van der Waals surface area contributed by atoms with Crippen LogP contribution in [0.2, 0.25) is 5.02 Å². The first-order chi connectivity index (χ1) is 11.7. The van der Waals surface area contributed by atoms with Crippen LogP contribution >= 0.6 is 11.6 Å². The molecule has 9 nitrogen and oxygen atoms in total. The number of non-ortho nitro benzene ring substituents is 1. The minimum Gasteiger partial charge on any atom is -0.343 e. The lowest BCUT2D eigenvalue weighted by atomic mass is 10.2. The van der Waals surface area contributed by atoms with E-state index in [1.54, 1.807) is 18.7 Å². The molecule has 0 aliphatic carbocycles. The van der Waals surface area contributed by atoms with Gasteiger partial charge in [-0.15, -0.1) is 0 Å². The largest absolute Gasteiger partial charge is 0.343 e. The van der Waals surface area contributed by atoms with Crippen molar-refractivity contribution in [2.45, 2.75) is 13.8 Å². The van der Waals surface area contributed by atoms with Crippen LogP contribution in [0.25, 0.3) is 0 Å². The standard InChI is InChI=1S/C15H16ClN5O4/c1-8-14(9(2)20(3)19-8)18-13(22)7-17-15(23)11-5-4-10(21(24)25)6-12(11)16/h4-6H,7H2,1-3H3,(H,17,23)(H,18,22). The maximum Gasteiger partial charge on any atom is 0.270 e. The number of nitrogens with zero attached hydrogens (tertiary/aromatic N) is 3. The van der Waals surface area contributed by atoms with Gasteiger partial charge in [0.2, 0.25) is 5.91 Å². The Hall–Kier alpha value is -2.94. The van der Waals surface area contributed by atoms with Crippen LogP contribution in [-0.2, 0) is 11.8 Å². The van der Waals surface area contributed by atoms with E-state index < -0.39 is 16.7 Å². The Morgan fingerprint density at radius 1 is 1.36 bits per heavy atom. The lowest BCUT2D eigenvalue weighted by Crippen LogP contribution is -2.33. The van der Waals surface area contributed by atoms with E-state index in [9.17, 15) is 19.7 Å². The molecule has 0 spiro atoms. The zero-order valence-electron chi connectivity index (χ0n) is 13.8. The van der Waals surface area contributed by atoms with Crippen molar-refractivity contribution in [1.82, 2.24) is 15.1 Å². The fraction of sp³-hybridized carbons (Fsp3) is 0.267. The van der Waals surface area contributed by atoms with Crippen LogP contribution in [0.5, 0.6) is 0 Å². The number of anilines is 1. The summed E-state index contributed by atoms with van der Waals surface area (Å²) in [6.07, 6.45) is 0. The highest BCUT2D eigenvalue weighted by molar-refractivity contribution is 6.34. The van der Waals surface area contributed by atoms with Crippen molar-refractivity contribution in [3.05, 3.63) is 50.3 Å². The van der Waals surface area contributed by atoms with Gasteiger partial charge in [-0.1, -0.05) is 11.6 Å². The number of rotatable bonds is 5. The molecule has 25 heavy (non-hydrogen) atoms. The number of aromatic nitrogens is 2. The molecule has 0 saturated heterocycles. The number of hydrogen-bond acceptors (Lipinski definition) is 5. The topological polar surface area (TPSA) is 119 Å². The lowest BCUT2D eigenvalue weighted by molar-refractivity contribution is -0.384. The van der Waals surface area contributed by atoms with Gasteiger partial charge in [0, 0.05) is 19.2 Å². The molecule has 0 saturated carbocycles.